The van der Waals surface area contributed by atoms with E-state index in [2.05, 4.69) is 0 Å². The van der Waals surface area contributed by atoms with Gasteiger partial charge < -0.3 is 0 Å². The molecule has 0 heterocycles. The van der Waals surface area contributed by atoms with Gasteiger partial charge in [0.25, 0.3) is 0 Å². The summed E-state index contributed by atoms with van der Waals surface area (Å²) < 4.78 is 0. The van der Waals surface area contributed by atoms with Crippen LogP contribution in [0.1, 0.15) is 27.7 Å². The first kappa shape index (κ1) is 7.54. The van der Waals surface area contributed by atoms with Gasteiger partial charge in [0.15, 0.2) is 0 Å². The lowest BCUT2D eigenvalue weighted by Crippen LogP contribution is -2.05. The lowest BCUT2D eigenvalue weighted by atomic mass is 9.89. The minimum absolute atomic E-state index is 0.0573. The first-order chi connectivity index (χ1) is 3.48. The average Bonchev–Trinajstić information content (AvgIpc) is 1.62. The van der Waals surface area contributed by atoms with Gasteiger partial charge in [-0.05, 0) is 17.9 Å². The Balaban J connectivity index is 4.03. The Bertz CT molecular complexity index is 95.4. The molecular formula is C7H13O. The quantitative estimate of drug-likeness (QED) is 0.430. The molecule has 0 bridgehead atoms. The van der Waals surface area contributed by atoms with Gasteiger partial charge in [-0.3, -0.25) is 5.11 Å². The predicted molar refractivity (Wildman–Crippen MR) is 33.9 cm³/mol. The van der Waals surface area contributed by atoms with Crippen molar-refractivity contribution >= 4 is 0 Å². The van der Waals surface area contributed by atoms with Crippen LogP contribution in [0.2, 0.25) is 0 Å². The summed E-state index contributed by atoms with van der Waals surface area (Å²) in [6.07, 6.45) is 0.917. The van der Waals surface area contributed by atoms with E-state index in [1.807, 2.05) is 27.7 Å². The highest BCUT2D eigenvalue weighted by Gasteiger charge is 2.11. The van der Waals surface area contributed by atoms with Gasteiger partial charge in [-0.25, -0.2) is 0 Å². The molecule has 0 atom stereocenters. The minimum Gasteiger partial charge on any atom is -0.299 e. The summed E-state index contributed by atoms with van der Waals surface area (Å²) in [7, 11) is 0. The molecule has 0 unspecified atom stereocenters. The molecule has 0 fully saturated rings. The van der Waals surface area contributed by atoms with Gasteiger partial charge in [0, 0.05) is 0 Å². The van der Waals surface area contributed by atoms with Crippen LogP contribution in [0.3, 0.4) is 0 Å². The van der Waals surface area contributed by atoms with Crippen LogP contribution in [-0.2, 0) is 5.11 Å². The van der Waals surface area contributed by atoms with Crippen molar-refractivity contribution in [2.24, 2.45) is 5.41 Å². The molecule has 0 aromatic rings. The lowest BCUT2D eigenvalue weighted by Gasteiger charge is -2.16. The largest absolute Gasteiger partial charge is 0.299 e. The van der Waals surface area contributed by atoms with E-state index in [1.165, 1.54) is 0 Å². The molecule has 47 valence electrons. The third-order valence-corrected chi connectivity index (χ3v) is 1.36. The van der Waals surface area contributed by atoms with Crippen molar-refractivity contribution in [2.45, 2.75) is 27.7 Å². The molecule has 1 heteroatoms. The smallest absolute Gasteiger partial charge is 0.142 e. The molecule has 1 radical (unpaired) electrons. The minimum atomic E-state index is 0.0573. The second kappa shape index (κ2) is 2.21. The molecule has 0 saturated heterocycles. The first-order valence-corrected chi connectivity index (χ1v) is 2.77. The molecule has 0 aliphatic heterocycles. The van der Waals surface area contributed by atoms with E-state index in [1.54, 1.807) is 0 Å². The van der Waals surface area contributed by atoms with Crippen molar-refractivity contribution in [3.63, 3.8) is 0 Å². The average molecular weight is 113 g/mol. The Kier molecular flexibility index (Phi) is 2.08. The molecule has 0 amide bonds. The Morgan fingerprint density at radius 3 is 1.75 bits per heavy atom. The highest BCUT2D eigenvalue weighted by molar-refractivity contribution is 5.02. The maximum Gasteiger partial charge on any atom is 0.142 e. The fraction of sp³-hybridized carbons (Fsp3) is 0.714. The van der Waals surface area contributed by atoms with E-state index < -0.39 is 0 Å². The Hall–Kier alpha value is -0.460. The SMILES string of the molecule is C/C(=C\[O])C(C)(C)C. The molecule has 0 aromatic heterocycles. The molecule has 1 nitrogen and oxygen atoms in total. The van der Waals surface area contributed by atoms with Crippen LogP contribution in [0.4, 0.5) is 0 Å². The van der Waals surface area contributed by atoms with Crippen LogP contribution in [0, 0.1) is 5.41 Å². The van der Waals surface area contributed by atoms with E-state index in [0.29, 0.717) is 0 Å². The van der Waals surface area contributed by atoms with E-state index >= 15 is 0 Å². The predicted octanol–water partition coefficient (Wildman–Crippen LogP) is 2.37. The van der Waals surface area contributed by atoms with Gasteiger partial charge in [0.2, 0.25) is 0 Å². The zero-order valence-corrected chi connectivity index (χ0v) is 5.99. The maximum atomic E-state index is 10.1. The molecule has 0 aliphatic carbocycles. The topological polar surface area (TPSA) is 19.9 Å². The summed E-state index contributed by atoms with van der Waals surface area (Å²) in [5.41, 5.74) is 0.958. The maximum absolute atomic E-state index is 10.1. The molecular weight excluding hydrogens is 100 g/mol. The number of allylic oxidation sites excluding steroid dienone is 1. The number of hydrogen-bond donors (Lipinski definition) is 0. The molecule has 0 saturated carbocycles. The van der Waals surface area contributed by atoms with Crippen LogP contribution >= 0.6 is 0 Å². The van der Waals surface area contributed by atoms with Crippen molar-refractivity contribution in [3.8, 4) is 0 Å². The molecule has 8 heavy (non-hydrogen) atoms. The van der Waals surface area contributed by atoms with E-state index in [-0.39, 0.29) is 5.41 Å². The van der Waals surface area contributed by atoms with Crippen LogP contribution in [-0.4, -0.2) is 0 Å². The monoisotopic (exact) mass is 113 g/mol. The normalized spacial score (nSPS) is 14.2. The van der Waals surface area contributed by atoms with E-state index in [4.69, 9.17) is 0 Å². The molecule has 0 rings (SSSR count). The van der Waals surface area contributed by atoms with E-state index in [9.17, 15) is 5.11 Å². The molecule has 0 aromatic carbocycles. The zero-order chi connectivity index (χ0) is 6.78. The number of rotatable bonds is 0. The number of hydrogen-bond acceptors (Lipinski definition) is 0. The van der Waals surface area contributed by atoms with Gasteiger partial charge in [-0.1, -0.05) is 20.8 Å². The second-order valence-electron chi connectivity index (χ2n) is 3.05. The summed E-state index contributed by atoms with van der Waals surface area (Å²) in [5.74, 6) is 0. The van der Waals surface area contributed by atoms with Crippen LogP contribution in [0.25, 0.3) is 0 Å². The van der Waals surface area contributed by atoms with Crippen molar-refractivity contribution in [1.82, 2.24) is 0 Å². The van der Waals surface area contributed by atoms with Crippen LogP contribution in [0.15, 0.2) is 11.8 Å². The second-order valence-corrected chi connectivity index (χ2v) is 3.05. The Labute approximate surface area is 51.0 Å². The third-order valence-electron chi connectivity index (χ3n) is 1.36. The summed E-state index contributed by atoms with van der Waals surface area (Å²) in [6.45, 7) is 7.93. The van der Waals surface area contributed by atoms with Gasteiger partial charge in [0.1, 0.15) is 6.26 Å². The van der Waals surface area contributed by atoms with Crippen molar-refractivity contribution in [2.75, 3.05) is 0 Å². The summed E-state index contributed by atoms with van der Waals surface area (Å²) in [5, 5.41) is 10.1. The van der Waals surface area contributed by atoms with Gasteiger partial charge in [0.05, 0.1) is 0 Å². The van der Waals surface area contributed by atoms with Crippen molar-refractivity contribution in [1.29, 1.82) is 0 Å². The fourth-order valence-corrected chi connectivity index (χ4v) is 0.177. The van der Waals surface area contributed by atoms with Crippen molar-refractivity contribution in [3.05, 3.63) is 11.8 Å². The fourth-order valence-electron chi connectivity index (χ4n) is 0.177. The van der Waals surface area contributed by atoms with Crippen molar-refractivity contribution < 1.29 is 5.11 Å². The first-order valence-electron chi connectivity index (χ1n) is 2.77. The molecule has 0 spiro atoms. The van der Waals surface area contributed by atoms with Crippen LogP contribution < -0.4 is 0 Å². The highest BCUT2D eigenvalue weighted by atomic mass is 16.2. The van der Waals surface area contributed by atoms with Gasteiger partial charge >= 0.3 is 0 Å². The van der Waals surface area contributed by atoms with Gasteiger partial charge in [-0.15, -0.1) is 0 Å². The van der Waals surface area contributed by atoms with Crippen LogP contribution in [0.5, 0.6) is 0 Å². The summed E-state index contributed by atoms with van der Waals surface area (Å²) in [6, 6.07) is 0. The standard InChI is InChI=1S/C7H13O/c1-6(5-8)7(2,3)4/h5H,1-4H3/b6-5+. The Morgan fingerprint density at radius 2 is 1.75 bits per heavy atom. The highest BCUT2D eigenvalue weighted by Crippen LogP contribution is 2.23. The lowest BCUT2D eigenvalue weighted by molar-refractivity contribution is 0.331. The zero-order valence-electron chi connectivity index (χ0n) is 5.99. The molecule has 0 N–H and O–H groups in total. The van der Waals surface area contributed by atoms with E-state index in [0.717, 1.165) is 11.8 Å². The molecule has 0 aliphatic rings. The third kappa shape index (κ3) is 2.01. The summed E-state index contributed by atoms with van der Waals surface area (Å²) in [4.78, 5) is 0. The van der Waals surface area contributed by atoms with Gasteiger partial charge in [-0.2, -0.15) is 0 Å². The Morgan fingerprint density at radius 1 is 1.38 bits per heavy atom. The summed E-state index contributed by atoms with van der Waals surface area (Å²) >= 11 is 0.